The van der Waals surface area contributed by atoms with Gasteiger partial charge in [0.05, 0.1) is 5.92 Å². The van der Waals surface area contributed by atoms with Crippen LogP contribution in [0.5, 0.6) is 0 Å². The van der Waals surface area contributed by atoms with Gasteiger partial charge in [-0.3, -0.25) is 9.59 Å². The molecule has 2 fully saturated rings. The number of nitrogens with one attached hydrogen (secondary N) is 1. The third kappa shape index (κ3) is 2.30. The van der Waals surface area contributed by atoms with Crippen molar-refractivity contribution in [3.8, 4) is 0 Å². The maximum atomic E-state index is 11.8. The maximum Gasteiger partial charge on any atom is 0.225 e. The highest BCUT2D eigenvalue weighted by molar-refractivity contribution is 5.83. The third-order valence-corrected chi connectivity index (χ3v) is 3.28. The van der Waals surface area contributed by atoms with Crippen LogP contribution in [0.25, 0.3) is 0 Å². The van der Waals surface area contributed by atoms with E-state index in [2.05, 4.69) is 5.32 Å². The SMILES string of the molecule is CNC(=O)C1CCCN(C(=O)C2CC2)C1. The van der Waals surface area contributed by atoms with Crippen LogP contribution in [0.2, 0.25) is 0 Å². The topological polar surface area (TPSA) is 49.4 Å². The molecule has 1 N–H and O–H groups in total. The van der Waals surface area contributed by atoms with Crippen LogP contribution in [-0.4, -0.2) is 36.9 Å². The number of carbonyl (C=O) groups excluding carboxylic acids is 2. The molecule has 1 saturated heterocycles. The molecule has 0 radical (unpaired) electrons. The molecule has 0 aromatic rings. The standard InChI is InChI=1S/C11H18N2O2/c1-12-10(14)9-3-2-6-13(7-9)11(15)8-4-5-8/h8-9H,2-7H2,1H3,(H,12,14). The molecule has 1 atom stereocenters. The van der Waals surface area contributed by atoms with Gasteiger partial charge in [-0.2, -0.15) is 0 Å². The molecule has 4 heteroatoms. The molecule has 1 heterocycles. The first-order chi connectivity index (χ1) is 7.22. The van der Waals surface area contributed by atoms with E-state index in [9.17, 15) is 9.59 Å². The van der Waals surface area contributed by atoms with Crippen LogP contribution in [0.3, 0.4) is 0 Å². The Labute approximate surface area is 90.0 Å². The van der Waals surface area contributed by atoms with E-state index in [-0.39, 0.29) is 23.7 Å². The van der Waals surface area contributed by atoms with E-state index < -0.39 is 0 Å². The summed E-state index contributed by atoms with van der Waals surface area (Å²) in [7, 11) is 1.66. The summed E-state index contributed by atoms with van der Waals surface area (Å²) in [5.74, 6) is 0.617. The Bertz CT molecular complexity index is 274. The van der Waals surface area contributed by atoms with E-state index in [4.69, 9.17) is 0 Å². The minimum atomic E-state index is 0.00597. The molecule has 4 nitrogen and oxygen atoms in total. The fourth-order valence-electron chi connectivity index (χ4n) is 2.18. The molecule has 15 heavy (non-hydrogen) atoms. The number of nitrogens with zero attached hydrogens (tertiary/aromatic N) is 1. The van der Waals surface area contributed by atoms with E-state index in [0.29, 0.717) is 6.54 Å². The smallest absolute Gasteiger partial charge is 0.225 e. The monoisotopic (exact) mass is 210 g/mol. The average molecular weight is 210 g/mol. The van der Waals surface area contributed by atoms with Crippen LogP contribution >= 0.6 is 0 Å². The first-order valence-electron chi connectivity index (χ1n) is 5.72. The summed E-state index contributed by atoms with van der Waals surface area (Å²) in [6, 6.07) is 0. The number of amides is 2. The second-order valence-electron chi connectivity index (χ2n) is 4.51. The Morgan fingerprint density at radius 1 is 1.20 bits per heavy atom. The minimum absolute atomic E-state index is 0.00597. The molecule has 1 aliphatic heterocycles. The molecule has 2 amide bonds. The number of hydrogen-bond acceptors (Lipinski definition) is 2. The summed E-state index contributed by atoms with van der Waals surface area (Å²) in [4.78, 5) is 25.2. The first-order valence-corrected chi connectivity index (χ1v) is 5.72. The van der Waals surface area contributed by atoms with Gasteiger partial charge in [0.25, 0.3) is 0 Å². The zero-order valence-electron chi connectivity index (χ0n) is 9.16. The van der Waals surface area contributed by atoms with Gasteiger partial charge in [0, 0.05) is 26.1 Å². The zero-order chi connectivity index (χ0) is 10.8. The van der Waals surface area contributed by atoms with Crippen molar-refractivity contribution in [2.24, 2.45) is 11.8 Å². The predicted molar refractivity (Wildman–Crippen MR) is 56.1 cm³/mol. The van der Waals surface area contributed by atoms with Gasteiger partial charge < -0.3 is 10.2 Å². The van der Waals surface area contributed by atoms with Gasteiger partial charge in [-0.25, -0.2) is 0 Å². The molecule has 2 aliphatic rings. The van der Waals surface area contributed by atoms with Crippen molar-refractivity contribution in [1.82, 2.24) is 10.2 Å². The second kappa shape index (κ2) is 4.21. The molecule has 1 aliphatic carbocycles. The second-order valence-corrected chi connectivity index (χ2v) is 4.51. The van der Waals surface area contributed by atoms with Crippen molar-refractivity contribution in [2.45, 2.75) is 25.7 Å². The lowest BCUT2D eigenvalue weighted by molar-refractivity contribution is -0.136. The Balaban J connectivity index is 1.91. The lowest BCUT2D eigenvalue weighted by atomic mass is 9.97. The molecule has 0 aromatic carbocycles. The summed E-state index contributed by atoms with van der Waals surface area (Å²) in [5, 5.41) is 2.66. The van der Waals surface area contributed by atoms with Crippen molar-refractivity contribution in [1.29, 1.82) is 0 Å². The van der Waals surface area contributed by atoms with E-state index in [1.807, 2.05) is 4.90 Å². The summed E-state index contributed by atoms with van der Waals surface area (Å²) < 4.78 is 0. The normalized spacial score (nSPS) is 26.2. The van der Waals surface area contributed by atoms with Crippen LogP contribution in [0.4, 0.5) is 0 Å². The van der Waals surface area contributed by atoms with Gasteiger partial charge in [0.1, 0.15) is 0 Å². The van der Waals surface area contributed by atoms with Gasteiger partial charge in [-0.1, -0.05) is 0 Å². The van der Waals surface area contributed by atoms with Crippen molar-refractivity contribution in [3.05, 3.63) is 0 Å². The number of carbonyl (C=O) groups is 2. The molecule has 2 rings (SSSR count). The molecule has 0 spiro atoms. The molecule has 0 bridgehead atoms. The lowest BCUT2D eigenvalue weighted by Gasteiger charge is -2.31. The highest BCUT2D eigenvalue weighted by atomic mass is 16.2. The van der Waals surface area contributed by atoms with Crippen molar-refractivity contribution in [3.63, 3.8) is 0 Å². The van der Waals surface area contributed by atoms with Crippen LogP contribution in [-0.2, 0) is 9.59 Å². The molecular weight excluding hydrogens is 192 g/mol. The molecular formula is C11H18N2O2. The third-order valence-electron chi connectivity index (χ3n) is 3.28. The Hall–Kier alpha value is -1.06. The van der Waals surface area contributed by atoms with Crippen molar-refractivity contribution >= 4 is 11.8 Å². The van der Waals surface area contributed by atoms with Crippen molar-refractivity contribution < 1.29 is 9.59 Å². The average Bonchev–Trinajstić information content (AvgIpc) is 3.11. The van der Waals surface area contributed by atoms with Gasteiger partial charge in [0.15, 0.2) is 0 Å². The Morgan fingerprint density at radius 3 is 2.53 bits per heavy atom. The van der Waals surface area contributed by atoms with Crippen LogP contribution in [0.1, 0.15) is 25.7 Å². The van der Waals surface area contributed by atoms with E-state index in [0.717, 1.165) is 32.2 Å². The van der Waals surface area contributed by atoms with Crippen LogP contribution < -0.4 is 5.32 Å². The predicted octanol–water partition coefficient (Wildman–Crippen LogP) is 0.381. The lowest BCUT2D eigenvalue weighted by Crippen LogP contribution is -2.45. The number of likely N-dealkylation sites (tertiary alicyclic amines) is 1. The zero-order valence-corrected chi connectivity index (χ0v) is 9.16. The number of piperidine rings is 1. The highest BCUT2D eigenvalue weighted by Gasteiger charge is 2.36. The molecule has 84 valence electrons. The number of hydrogen-bond donors (Lipinski definition) is 1. The molecule has 0 aromatic heterocycles. The largest absolute Gasteiger partial charge is 0.359 e. The van der Waals surface area contributed by atoms with Gasteiger partial charge in [-0.05, 0) is 25.7 Å². The van der Waals surface area contributed by atoms with E-state index in [1.165, 1.54) is 0 Å². The first kappa shape index (κ1) is 10.5. The molecule has 1 unspecified atom stereocenters. The Kier molecular flexibility index (Phi) is 2.93. The van der Waals surface area contributed by atoms with E-state index in [1.54, 1.807) is 7.05 Å². The number of rotatable bonds is 2. The fraction of sp³-hybridized carbons (Fsp3) is 0.818. The minimum Gasteiger partial charge on any atom is -0.359 e. The molecule has 1 saturated carbocycles. The summed E-state index contributed by atoms with van der Waals surface area (Å²) in [6.45, 7) is 1.46. The van der Waals surface area contributed by atoms with Crippen LogP contribution in [0.15, 0.2) is 0 Å². The summed E-state index contributed by atoms with van der Waals surface area (Å²) in [5.41, 5.74) is 0. The quantitative estimate of drug-likeness (QED) is 0.716. The maximum absolute atomic E-state index is 11.8. The van der Waals surface area contributed by atoms with E-state index >= 15 is 0 Å². The highest BCUT2D eigenvalue weighted by Crippen LogP contribution is 2.32. The summed E-state index contributed by atoms with van der Waals surface area (Å²) in [6.07, 6.45) is 3.95. The summed E-state index contributed by atoms with van der Waals surface area (Å²) >= 11 is 0. The van der Waals surface area contributed by atoms with Crippen LogP contribution in [0, 0.1) is 11.8 Å². The van der Waals surface area contributed by atoms with Crippen molar-refractivity contribution in [2.75, 3.05) is 20.1 Å². The van der Waals surface area contributed by atoms with Gasteiger partial charge in [-0.15, -0.1) is 0 Å². The Morgan fingerprint density at radius 2 is 1.93 bits per heavy atom. The fourth-order valence-corrected chi connectivity index (χ4v) is 2.18. The van der Waals surface area contributed by atoms with Gasteiger partial charge >= 0.3 is 0 Å². The van der Waals surface area contributed by atoms with Gasteiger partial charge in [0.2, 0.25) is 11.8 Å².